The summed E-state index contributed by atoms with van der Waals surface area (Å²) in [4.78, 5) is 24.0. The predicted octanol–water partition coefficient (Wildman–Crippen LogP) is 2.95. The number of methoxy groups -OCH3 is 1. The Labute approximate surface area is 131 Å². The maximum absolute atomic E-state index is 12.4. The molecule has 0 saturated heterocycles. The molecule has 0 amide bonds. The molecular formula is C16H10ClNO4. The fourth-order valence-corrected chi connectivity index (χ4v) is 2.55. The van der Waals surface area contributed by atoms with Crippen LogP contribution in [0.2, 0.25) is 5.02 Å². The third-order valence-corrected chi connectivity index (χ3v) is 3.63. The van der Waals surface area contributed by atoms with Crippen molar-refractivity contribution in [3.05, 3.63) is 69.4 Å². The number of ketones is 1. The topological polar surface area (TPSA) is 69.4 Å². The minimum Gasteiger partial charge on any atom is -0.618 e. The van der Waals surface area contributed by atoms with Crippen LogP contribution < -0.4 is 0 Å². The van der Waals surface area contributed by atoms with Crippen LogP contribution in [-0.4, -0.2) is 29.3 Å². The molecule has 0 fully saturated rings. The van der Waals surface area contributed by atoms with Crippen molar-refractivity contribution in [1.82, 2.24) is 0 Å². The lowest BCUT2D eigenvalue weighted by atomic mass is 10.0. The van der Waals surface area contributed by atoms with Crippen LogP contribution in [-0.2, 0) is 4.74 Å². The van der Waals surface area contributed by atoms with Gasteiger partial charge in [-0.2, -0.15) is 4.74 Å². The minimum atomic E-state index is -0.570. The van der Waals surface area contributed by atoms with Gasteiger partial charge in [0.1, 0.15) is 5.56 Å². The zero-order chi connectivity index (χ0) is 15.9. The fraction of sp³-hybridized carbons (Fsp3) is 0.0625. The van der Waals surface area contributed by atoms with Gasteiger partial charge in [0.25, 0.3) is 11.5 Å². The zero-order valence-electron chi connectivity index (χ0n) is 11.5. The van der Waals surface area contributed by atoms with Crippen LogP contribution in [0.15, 0.2) is 42.5 Å². The Hall–Kier alpha value is -2.66. The van der Waals surface area contributed by atoms with E-state index in [1.165, 1.54) is 25.3 Å². The number of fused-ring (bicyclic) bond motifs is 1. The van der Waals surface area contributed by atoms with E-state index < -0.39 is 11.8 Å². The molecule has 1 aliphatic rings. The standard InChI is InChI=1S/C16H10ClNO4/c1-22-16(20)10-5-6-12-13(8-10)18(21)14(15(12)19)9-3-2-4-11(17)7-9/h2-8H,1H3. The molecule has 1 heterocycles. The van der Waals surface area contributed by atoms with E-state index in [0.717, 1.165) is 0 Å². The lowest BCUT2D eigenvalue weighted by Gasteiger charge is -2.03. The summed E-state index contributed by atoms with van der Waals surface area (Å²) in [5.41, 5.74) is 1.01. The van der Waals surface area contributed by atoms with Crippen molar-refractivity contribution in [2.45, 2.75) is 0 Å². The van der Waals surface area contributed by atoms with E-state index in [4.69, 9.17) is 11.6 Å². The van der Waals surface area contributed by atoms with Crippen molar-refractivity contribution in [1.29, 1.82) is 0 Å². The first-order chi connectivity index (χ1) is 10.5. The van der Waals surface area contributed by atoms with E-state index in [1.807, 2.05) is 0 Å². The van der Waals surface area contributed by atoms with E-state index in [9.17, 15) is 14.8 Å². The SMILES string of the molecule is COC(=O)c1ccc2c(c1)[N+]([O-])=C(c1cccc(Cl)c1)C2=O. The van der Waals surface area contributed by atoms with Gasteiger partial charge in [-0.3, -0.25) is 4.79 Å². The summed E-state index contributed by atoms with van der Waals surface area (Å²) in [5, 5.41) is 12.9. The average Bonchev–Trinajstić information content (AvgIpc) is 2.77. The Morgan fingerprint density at radius 3 is 2.68 bits per heavy atom. The monoisotopic (exact) mass is 315 g/mol. The molecular weight excluding hydrogens is 306 g/mol. The molecule has 5 nitrogen and oxygen atoms in total. The Kier molecular flexibility index (Phi) is 3.42. The first-order valence-electron chi connectivity index (χ1n) is 6.40. The van der Waals surface area contributed by atoms with E-state index >= 15 is 0 Å². The summed E-state index contributed by atoms with van der Waals surface area (Å²) in [6, 6.07) is 10.8. The Bertz CT molecular complexity index is 842. The number of nitrogens with zero attached hydrogens (tertiary/aromatic N) is 1. The summed E-state index contributed by atoms with van der Waals surface area (Å²) < 4.78 is 5.14. The number of esters is 1. The molecule has 2 aromatic carbocycles. The van der Waals surface area contributed by atoms with E-state index in [0.29, 0.717) is 15.3 Å². The number of hydrogen-bond donors (Lipinski definition) is 0. The van der Waals surface area contributed by atoms with Gasteiger partial charge in [0.2, 0.25) is 5.69 Å². The van der Waals surface area contributed by atoms with E-state index in [2.05, 4.69) is 4.74 Å². The highest BCUT2D eigenvalue weighted by Crippen LogP contribution is 2.30. The van der Waals surface area contributed by atoms with Crippen LogP contribution in [0.4, 0.5) is 5.69 Å². The number of ether oxygens (including phenoxy) is 1. The van der Waals surface area contributed by atoms with Crippen molar-refractivity contribution < 1.29 is 19.1 Å². The maximum atomic E-state index is 12.4. The molecule has 0 radical (unpaired) electrons. The highest BCUT2D eigenvalue weighted by Gasteiger charge is 2.37. The molecule has 3 rings (SSSR count). The molecule has 6 heteroatoms. The highest BCUT2D eigenvalue weighted by molar-refractivity contribution is 6.52. The van der Waals surface area contributed by atoms with Gasteiger partial charge >= 0.3 is 5.97 Å². The average molecular weight is 316 g/mol. The van der Waals surface area contributed by atoms with Crippen LogP contribution in [0.5, 0.6) is 0 Å². The van der Waals surface area contributed by atoms with Crippen LogP contribution in [0, 0.1) is 5.21 Å². The number of halogens is 1. The van der Waals surface area contributed by atoms with Crippen molar-refractivity contribution in [2.75, 3.05) is 7.11 Å². The van der Waals surface area contributed by atoms with Gasteiger partial charge in [-0.25, -0.2) is 4.79 Å². The number of Topliss-reactive ketones (excluding diaryl/α,β-unsaturated/α-hetero) is 1. The number of benzene rings is 2. The first kappa shape index (κ1) is 14.3. The Morgan fingerprint density at radius 1 is 1.23 bits per heavy atom. The summed E-state index contributed by atoms with van der Waals surface area (Å²) in [6.07, 6.45) is 0. The van der Waals surface area contributed by atoms with Crippen LogP contribution in [0.25, 0.3) is 0 Å². The molecule has 0 saturated carbocycles. The largest absolute Gasteiger partial charge is 0.618 e. The number of carbonyl (C=O) groups excluding carboxylic acids is 2. The number of rotatable bonds is 2. The Balaban J connectivity index is 2.15. The molecule has 22 heavy (non-hydrogen) atoms. The third kappa shape index (κ3) is 2.16. The van der Waals surface area contributed by atoms with Gasteiger partial charge in [-0.05, 0) is 30.3 Å². The molecule has 1 aliphatic heterocycles. The number of carbonyl (C=O) groups is 2. The van der Waals surface area contributed by atoms with Gasteiger partial charge < -0.3 is 9.94 Å². The lowest BCUT2D eigenvalue weighted by molar-refractivity contribution is -0.355. The molecule has 0 unspecified atom stereocenters. The van der Waals surface area contributed by atoms with Crippen LogP contribution in [0.3, 0.4) is 0 Å². The van der Waals surface area contributed by atoms with Crippen molar-refractivity contribution >= 4 is 34.8 Å². The highest BCUT2D eigenvalue weighted by atomic mass is 35.5. The normalized spacial score (nSPS) is 13.3. The molecule has 0 atom stereocenters. The molecule has 0 spiro atoms. The smallest absolute Gasteiger partial charge is 0.338 e. The summed E-state index contributed by atoms with van der Waals surface area (Å²) in [7, 11) is 1.25. The molecule has 0 N–H and O–H groups in total. The molecule has 110 valence electrons. The van der Waals surface area contributed by atoms with Crippen LogP contribution >= 0.6 is 11.6 Å². The molecule has 0 aliphatic carbocycles. The predicted molar refractivity (Wildman–Crippen MR) is 81.0 cm³/mol. The molecule has 0 bridgehead atoms. The van der Waals surface area contributed by atoms with Crippen LogP contribution in [0.1, 0.15) is 26.3 Å². The van der Waals surface area contributed by atoms with Gasteiger partial charge in [0, 0.05) is 11.1 Å². The van der Waals surface area contributed by atoms with Crippen molar-refractivity contribution in [3.63, 3.8) is 0 Å². The van der Waals surface area contributed by atoms with Crippen molar-refractivity contribution in [3.8, 4) is 0 Å². The van der Waals surface area contributed by atoms with E-state index in [-0.39, 0.29) is 22.5 Å². The first-order valence-corrected chi connectivity index (χ1v) is 6.78. The van der Waals surface area contributed by atoms with Gasteiger partial charge in [0.15, 0.2) is 0 Å². The van der Waals surface area contributed by atoms with Gasteiger partial charge in [-0.15, -0.1) is 0 Å². The summed E-state index contributed by atoms with van der Waals surface area (Å²) in [6.45, 7) is 0. The lowest BCUT2D eigenvalue weighted by Crippen LogP contribution is -2.16. The number of hydrogen-bond acceptors (Lipinski definition) is 4. The van der Waals surface area contributed by atoms with Gasteiger partial charge in [0.05, 0.1) is 18.2 Å². The second-order valence-electron chi connectivity index (χ2n) is 4.71. The summed E-state index contributed by atoms with van der Waals surface area (Å²) in [5.74, 6) is -0.969. The summed E-state index contributed by atoms with van der Waals surface area (Å²) >= 11 is 5.91. The van der Waals surface area contributed by atoms with E-state index in [1.54, 1.807) is 24.3 Å². The van der Waals surface area contributed by atoms with Gasteiger partial charge in [-0.1, -0.05) is 17.7 Å². The quantitative estimate of drug-likeness (QED) is 0.485. The Morgan fingerprint density at radius 2 is 2.00 bits per heavy atom. The maximum Gasteiger partial charge on any atom is 0.338 e. The van der Waals surface area contributed by atoms with Crippen molar-refractivity contribution in [2.24, 2.45) is 0 Å². The zero-order valence-corrected chi connectivity index (χ0v) is 12.3. The second kappa shape index (κ2) is 5.27. The third-order valence-electron chi connectivity index (χ3n) is 3.40. The minimum absolute atomic E-state index is 0.0143. The molecule has 0 aromatic heterocycles. The molecule has 2 aromatic rings. The second-order valence-corrected chi connectivity index (χ2v) is 5.14. The fourth-order valence-electron chi connectivity index (χ4n) is 2.36.